The minimum Gasteiger partial charge on any atom is -0.494 e. The first kappa shape index (κ1) is 20.1. The summed E-state index contributed by atoms with van der Waals surface area (Å²) >= 11 is 1.11. The number of thioether (sulfide) groups is 1. The Bertz CT molecular complexity index is 915. The molecule has 0 aliphatic rings. The molecule has 3 N–H and O–H groups in total. The Hall–Kier alpha value is -3.23. The van der Waals surface area contributed by atoms with E-state index < -0.39 is 5.97 Å². The van der Waals surface area contributed by atoms with Gasteiger partial charge in [0.2, 0.25) is 0 Å². The highest BCUT2D eigenvalue weighted by Gasteiger charge is 2.24. The number of nitrogens with one attached hydrogen (secondary N) is 1. The van der Waals surface area contributed by atoms with Crippen LogP contribution in [0, 0.1) is 22.7 Å². The molecule has 0 saturated carbocycles. The number of ether oxygens (including phenoxy) is 2. The summed E-state index contributed by atoms with van der Waals surface area (Å²) in [6, 6.07) is 11.2. The average molecular weight is 383 g/mol. The quantitative estimate of drug-likeness (QED) is 0.575. The topological polar surface area (TPSA) is 123 Å². The average Bonchev–Trinajstić information content (AvgIpc) is 2.67. The molecule has 0 aliphatic carbocycles. The molecule has 1 aromatic carbocycles. The number of aromatic nitrogens is 1. The number of nitrogen functional groups attached to an aromatic ring is 1. The fourth-order valence-corrected chi connectivity index (χ4v) is 3.28. The van der Waals surface area contributed by atoms with Gasteiger partial charge in [0.25, 0.3) is 5.82 Å². The van der Waals surface area contributed by atoms with E-state index in [2.05, 4.69) is 11.1 Å². The van der Waals surface area contributed by atoms with Crippen LogP contribution in [0.2, 0.25) is 0 Å². The van der Waals surface area contributed by atoms with Crippen LogP contribution in [0.25, 0.3) is 11.1 Å². The highest BCUT2D eigenvalue weighted by atomic mass is 32.2. The molecule has 0 atom stereocenters. The summed E-state index contributed by atoms with van der Waals surface area (Å²) in [5.41, 5.74) is 7.50. The van der Waals surface area contributed by atoms with Crippen LogP contribution in [0.3, 0.4) is 0 Å². The Kier molecular flexibility index (Phi) is 7.04. The van der Waals surface area contributed by atoms with Crippen LogP contribution in [0.1, 0.15) is 25.0 Å². The molecule has 27 heavy (non-hydrogen) atoms. The second-order valence-electron chi connectivity index (χ2n) is 5.27. The van der Waals surface area contributed by atoms with Gasteiger partial charge in [-0.1, -0.05) is 23.9 Å². The maximum absolute atomic E-state index is 11.6. The zero-order valence-electron chi connectivity index (χ0n) is 15.0. The fourth-order valence-electron chi connectivity index (χ4n) is 2.46. The number of H-pyrrole nitrogens is 1. The number of nitriles is 2. The van der Waals surface area contributed by atoms with Crippen molar-refractivity contribution in [3.8, 4) is 29.0 Å². The van der Waals surface area contributed by atoms with Crippen LogP contribution in [0.4, 0.5) is 5.82 Å². The molecule has 1 aromatic heterocycles. The van der Waals surface area contributed by atoms with Gasteiger partial charge < -0.3 is 9.47 Å². The molecule has 0 radical (unpaired) electrons. The lowest BCUT2D eigenvalue weighted by atomic mass is 9.97. The van der Waals surface area contributed by atoms with Gasteiger partial charge in [-0.2, -0.15) is 10.5 Å². The van der Waals surface area contributed by atoms with E-state index in [1.807, 2.05) is 13.0 Å². The third kappa shape index (κ3) is 4.69. The minimum absolute atomic E-state index is 0.0209. The van der Waals surface area contributed by atoms with Crippen molar-refractivity contribution in [2.24, 2.45) is 0 Å². The monoisotopic (exact) mass is 383 g/mol. The van der Waals surface area contributed by atoms with E-state index in [0.29, 0.717) is 28.5 Å². The van der Waals surface area contributed by atoms with Crippen LogP contribution >= 0.6 is 11.8 Å². The van der Waals surface area contributed by atoms with Gasteiger partial charge in [-0.15, -0.1) is 0 Å². The van der Waals surface area contributed by atoms with Crippen LogP contribution in [0.15, 0.2) is 29.3 Å². The number of esters is 1. The summed E-state index contributed by atoms with van der Waals surface area (Å²) in [5, 5.41) is 19.6. The number of benzene rings is 1. The van der Waals surface area contributed by atoms with Crippen LogP contribution < -0.4 is 15.5 Å². The number of pyridine rings is 1. The number of nitrogens with two attached hydrogens (primary N) is 1. The first-order valence-corrected chi connectivity index (χ1v) is 9.24. The van der Waals surface area contributed by atoms with Gasteiger partial charge in [0.05, 0.1) is 19.0 Å². The standard InChI is InChI=1S/C19H18N4O3S/c1-3-25-13-7-5-12(6-8-13)17-14(9-20)18(22)23-19(15(17)10-21)27-11-16(24)26-4-2/h5-8H,3-4,11H2,1-2H3,(H2,22,23)/p+1. The van der Waals surface area contributed by atoms with Gasteiger partial charge in [0, 0.05) is 5.56 Å². The number of hydrogen-bond acceptors (Lipinski definition) is 7. The minimum atomic E-state index is -0.398. The smallest absolute Gasteiger partial charge is 0.316 e. The summed E-state index contributed by atoms with van der Waals surface area (Å²) < 4.78 is 10.3. The molecule has 1 heterocycles. The third-order valence-electron chi connectivity index (χ3n) is 3.56. The first-order valence-electron chi connectivity index (χ1n) is 8.26. The maximum atomic E-state index is 11.6. The second-order valence-corrected chi connectivity index (χ2v) is 6.25. The van der Waals surface area contributed by atoms with Crippen LogP contribution in [0.5, 0.6) is 5.75 Å². The van der Waals surface area contributed by atoms with E-state index in [4.69, 9.17) is 15.2 Å². The Labute approximate surface area is 161 Å². The zero-order valence-corrected chi connectivity index (χ0v) is 15.9. The van der Waals surface area contributed by atoms with Gasteiger partial charge in [-0.25, -0.2) is 4.98 Å². The summed E-state index contributed by atoms with van der Waals surface area (Å²) in [7, 11) is 0. The number of carbonyl (C=O) groups is 1. The molecule has 7 nitrogen and oxygen atoms in total. The molecule has 0 amide bonds. The van der Waals surface area contributed by atoms with Crippen LogP contribution in [-0.4, -0.2) is 24.9 Å². The van der Waals surface area contributed by atoms with Crippen molar-refractivity contribution in [2.45, 2.75) is 18.9 Å². The number of carbonyl (C=O) groups excluding carboxylic acids is 1. The largest absolute Gasteiger partial charge is 0.494 e. The van der Waals surface area contributed by atoms with Crippen molar-refractivity contribution < 1.29 is 19.3 Å². The lowest BCUT2D eigenvalue weighted by Crippen LogP contribution is -2.19. The number of hydrogen-bond donors (Lipinski definition) is 1. The Morgan fingerprint density at radius 2 is 1.81 bits per heavy atom. The van der Waals surface area contributed by atoms with Gasteiger partial charge >= 0.3 is 5.97 Å². The van der Waals surface area contributed by atoms with E-state index in [1.54, 1.807) is 31.2 Å². The SMILES string of the molecule is CCOC(=O)CSc1[nH+]c(N)c(C#N)c(-c2ccc(OCC)cc2)c1C#N. The Morgan fingerprint density at radius 1 is 1.15 bits per heavy atom. The summed E-state index contributed by atoms with van der Waals surface area (Å²) in [6.45, 7) is 4.42. The van der Waals surface area contributed by atoms with Gasteiger partial charge in [-0.05, 0) is 31.5 Å². The van der Waals surface area contributed by atoms with Crippen molar-refractivity contribution in [3.63, 3.8) is 0 Å². The zero-order chi connectivity index (χ0) is 19.8. The fraction of sp³-hybridized carbons (Fsp3) is 0.263. The van der Waals surface area contributed by atoms with Gasteiger partial charge in [0.1, 0.15) is 29.0 Å². The van der Waals surface area contributed by atoms with Crippen molar-refractivity contribution in [1.29, 1.82) is 10.5 Å². The first-order chi connectivity index (χ1) is 13.0. The van der Waals surface area contributed by atoms with Crippen molar-refractivity contribution in [2.75, 3.05) is 24.7 Å². The second kappa shape index (κ2) is 9.46. The Balaban J connectivity index is 2.52. The van der Waals surface area contributed by atoms with Gasteiger partial charge in [-0.3, -0.25) is 10.5 Å². The molecular weight excluding hydrogens is 364 g/mol. The van der Waals surface area contributed by atoms with E-state index in [1.165, 1.54) is 0 Å². The van der Waals surface area contributed by atoms with Crippen LogP contribution in [-0.2, 0) is 9.53 Å². The molecule has 0 saturated heterocycles. The summed E-state index contributed by atoms with van der Waals surface area (Å²) in [4.78, 5) is 14.5. The predicted octanol–water partition coefficient (Wildman–Crippen LogP) is 2.55. The molecule has 0 unspecified atom stereocenters. The lowest BCUT2D eigenvalue weighted by molar-refractivity contribution is -0.410. The van der Waals surface area contributed by atoms with E-state index in [0.717, 1.165) is 11.8 Å². The highest BCUT2D eigenvalue weighted by molar-refractivity contribution is 7.99. The molecule has 0 fully saturated rings. The normalized spacial score (nSPS) is 9.93. The number of anilines is 1. The number of rotatable bonds is 7. The molecule has 0 spiro atoms. The number of nitrogens with zero attached hydrogens (tertiary/aromatic N) is 2. The molecule has 0 aliphatic heterocycles. The van der Waals surface area contributed by atoms with E-state index in [9.17, 15) is 15.3 Å². The number of aromatic amines is 1. The van der Waals surface area contributed by atoms with E-state index in [-0.39, 0.29) is 29.3 Å². The molecule has 2 rings (SSSR count). The molecule has 138 valence electrons. The maximum Gasteiger partial charge on any atom is 0.316 e. The summed E-state index contributed by atoms with van der Waals surface area (Å²) in [6.07, 6.45) is 0. The molecule has 8 heteroatoms. The predicted molar refractivity (Wildman–Crippen MR) is 101 cm³/mol. The van der Waals surface area contributed by atoms with Crippen molar-refractivity contribution in [1.82, 2.24) is 0 Å². The van der Waals surface area contributed by atoms with Crippen molar-refractivity contribution >= 4 is 23.5 Å². The van der Waals surface area contributed by atoms with Crippen molar-refractivity contribution in [3.05, 3.63) is 35.4 Å². The van der Waals surface area contributed by atoms with Gasteiger partial charge in [0.15, 0.2) is 5.03 Å². The molecular formula is C19H19N4O3S+. The highest BCUT2D eigenvalue weighted by Crippen LogP contribution is 2.34. The summed E-state index contributed by atoms with van der Waals surface area (Å²) in [5.74, 6) is 0.440. The molecule has 2 aromatic rings. The lowest BCUT2D eigenvalue weighted by Gasteiger charge is -2.11. The Morgan fingerprint density at radius 3 is 2.37 bits per heavy atom. The van der Waals surface area contributed by atoms with E-state index >= 15 is 0 Å². The molecule has 0 bridgehead atoms. The third-order valence-corrected chi connectivity index (χ3v) is 4.54.